The van der Waals surface area contributed by atoms with Gasteiger partial charge in [-0.3, -0.25) is 4.90 Å². The minimum atomic E-state index is 0.600. The molecule has 3 heteroatoms. The highest BCUT2D eigenvalue weighted by Crippen LogP contribution is 2.22. The second-order valence-corrected chi connectivity index (χ2v) is 5.35. The summed E-state index contributed by atoms with van der Waals surface area (Å²) in [5, 5.41) is 0.600. The van der Waals surface area contributed by atoms with Crippen molar-refractivity contribution < 1.29 is 0 Å². The van der Waals surface area contributed by atoms with Crippen molar-refractivity contribution in [2.24, 2.45) is 5.92 Å². The second kappa shape index (κ2) is 6.36. The SMILES string of the molecule is CCCC1CCN(Cc2cccc(Cl)n2)CC1. The van der Waals surface area contributed by atoms with Crippen LogP contribution < -0.4 is 0 Å². The van der Waals surface area contributed by atoms with Gasteiger partial charge in [0.05, 0.1) is 5.69 Å². The summed E-state index contributed by atoms with van der Waals surface area (Å²) in [6.07, 6.45) is 5.40. The molecule has 0 saturated carbocycles. The van der Waals surface area contributed by atoms with Crippen molar-refractivity contribution in [2.45, 2.75) is 39.2 Å². The number of pyridine rings is 1. The zero-order valence-electron chi connectivity index (χ0n) is 10.5. The van der Waals surface area contributed by atoms with E-state index in [1.807, 2.05) is 12.1 Å². The Labute approximate surface area is 109 Å². The van der Waals surface area contributed by atoms with Crippen LogP contribution in [-0.2, 0) is 6.54 Å². The minimum absolute atomic E-state index is 0.600. The topological polar surface area (TPSA) is 16.1 Å². The number of nitrogens with zero attached hydrogens (tertiary/aromatic N) is 2. The first-order chi connectivity index (χ1) is 8.28. The number of rotatable bonds is 4. The lowest BCUT2D eigenvalue weighted by Gasteiger charge is -2.31. The Bertz CT molecular complexity index is 346. The van der Waals surface area contributed by atoms with Crippen LogP contribution in [0.25, 0.3) is 0 Å². The number of aromatic nitrogens is 1. The van der Waals surface area contributed by atoms with E-state index in [0.717, 1.165) is 18.2 Å². The van der Waals surface area contributed by atoms with Crippen molar-refractivity contribution in [3.8, 4) is 0 Å². The molecule has 2 heterocycles. The van der Waals surface area contributed by atoms with Crippen molar-refractivity contribution in [3.63, 3.8) is 0 Å². The molecule has 17 heavy (non-hydrogen) atoms. The average molecular weight is 253 g/mol. The molecule has 2 rings (SSSR count). The lowest BCUT2D eigenvalue weighted by Crippen LogP contribution is -2.33. The predicted molar refractivity (Wildman–Crippen MR) is 72.2 cm³/mol. The van der Waals surface area contributed by atoms with Gasteiger partial charge in [-0.15, -0.1) is 0 Å². The number of piperidine rings is 1. The summed E-state index contributed by atoms with van der Waals surface area (Å²) >= 11 is 5.90. The standard InChI is InChI=1S/C14H21ClN2/c1-2-4-12-7-9-17(10-8-12)11-13-5-3-6-14(15)16-13/h3,5-6,12H,2,4,7-11H2,1H3. The molecule has 0 radical (unpaired) electrons. The van der Waals surface area contributed by atoms with Crippen LogP contribution in [-0.4, -0.2) is 23.0 Å². The number of hydrogen-bond donors (Lipinski definition) is 0. The van der Waals surface area contributed by atoms with Crippen LogP contribution in [0.5, 0.6) is 0 Å². The van der Waals surface area contributed by atoms with Crippen molar-refractivity contribution >= 4 is 11.6 Å². The molecule has 0 bridgehead atoms. The lowest BCUT2D eigenvalue weighted by atomic mass is 9.92. The molecule has 0 amide bonds. The predicted octanol–water partition coefficient (Wildman–Crippen LogP) is 3.75. The van der Waals surface area contributed by atoms with Crippen LogP contribution in [0.15, 0.2) is 18.2 Å². The Balaban J connectivity index is 1.82. The molecule has 1 aliphatic rings. The molecule has 0 aliphatic carbocycles. The highest BCUT2D eigenvalue weighted by molar-refractivity contribution is 6.29. The monoisotopic (exact) mass is 252 g/mol. The third kappa shape index (κ3) is 3.97. The molecule has 2 nitrogen and oxygen atoms in total. The van der Waals surface area contributed by atoms with Crippen LogP contribution in [0.1, 0.15) is 38.3 Å². The molecule has 1 fully saturated rings. The highest BCUT2D eigenvalue weighted by Gasteiger charge is 2.18. The fourth-order valence-corrected chi connectivity index (χ4v) is 2.79. The number of likely N-dealkylation sites (tertiary alicyclic amines) is 1. The summed E-state index contributed by atoms with van der Waals surface area (Å²) in [6, 6.07) is 5.87. The summed E-state index contributed by atoms with van der Waals surface area (Å²) < 4.78 is 0. The van der Waals surface area contributed by atoms with Crippen LogP contribution in [0.4, 0.5) is 0 Å². The van der Waals surface area contributed by atoms with Gasteiger partial charge in [-0.1, -0.05) is 37.4 Å². The lowest BCUT2D eigenvalue weighted by molar-refractivity contribution is 0.170. The van der Waals surface area contributed by atoms with E-state index in [-0.39, 0.29) is 0 Å². The van der Waals surface area contributed by atoms with E-state index in [1.165, 1.54) is 38.8 Å². The first-order valence-electron chi connectivity index (χ1n) is 6.61. The van der Waals surface area contributed by atoms with E-state index in [9.17, 15) is 0 Å². The molecule has 1 aromatic heterocycles. The van der Waals surface area contributed by atoms with Gasteiger partial charge >= 0.3 is 0 Å². The maximum Gasteiger partial charge on any atom is 0.129 e. The van der Waals surface area contributed by atoms with Gasteiger partial charge < -0.3 is 0 Å². The van der Waals surface area contributed by atoms with E-state index >= 15 is 0 Å². The Morgan fingerprint density at radius 2 is 2.12 bits per heavy atom. The van der Waals surface area contributed by atoms with Crippen LogP contribution >= 0.6 is 11.6 Å². The zero-order chi connectivity index (χ0) is 12.1. The third-order valence-electron chi connectivity index (χ3n) is 3.56. The molecule has 94 valence electrons. The Morgan fingerprint density at radius 3 is 2.76 bits per heavy atom. The molecule has 0 N–H and O–H groups in total. The maximum atomic E-state index is 5.90. The van der Waals surface area contributed by atoms with E-state index in [4.69, 9.17) is 11.6 Å². The number of hydrogen-bond acceptors (Lipinski definition) is 2. The quantitative estimate of drug-likeness (QED) is 0.759. The minimum Gasteiger partial charge on any atom is -0.297 e. The summed E-state index contributed by atoms with van der Waals surface area (Å²) in [5.74, 6) is 0.948. The van der Waals surface area contributed by atoms with Gasteiger partial charge in [-0.25, -0.2) is 4.98 Å². The summed E-state index contributed by atoms with van der Waals surface area (Å²) in [7, 11) is 0. The van der Waals surface area contributed by atoms with Crippen molar-refractivity contribution in [1.29, 1.82) is 0 Å². The Hall–Kier alpha value is -0.600. The summed E-state index contributed by atoms with van der Waals surface area (Å²) in [5.41, 5.74) is 1.09. The van der Waals surface area contributed by atoms with E-state index in [0.29, 0.717) is 5.15 Å². The van der Waals surface area contributed by atoms with Crippen LogP contribution in [0.2, 0.25) is 5.15 Å². The van der Waals surface area contributed by atoms with Gasteiger partial charge in [0.2, 0.25) is 0 Å². The van der Waals surface area contributed by atoms with Gasteiger partial charge in [-0.05, 0) is 44.0 Å². The van der Waals surface area contributed by atoms with Crippen molar-refractivity contribution in [3.05, 3.63) is 29.0 Å². The van der Waals surface area contributed by atoms with Gasteiger partial charge in [0.25, 0.3) is 0 Å². The zero-order valence-corrected chi connectivity index (χ0v) is 11.3. The molecule has 0 unspecified atom stereocenters. The van der Waals surface area contributed by atoms with Crippen molar-refractivity contribution in [2.75, 3.05) is 13.1 Å². The molecule has 0 aromatic carbocycles. The van der Waals surface area contributed by atoms with Crippen molar-refractivity contribution in [1.82, 2.24) is 9.88 Å². The Kier molecular flexibility index (Phi) is 4.81. The fraction of sp³-hybridized carbons (Fsp3) is 0.643. The van der Waals surface area contributed by atoms with E-state index in [1.54, 1.807) is 0 Å². The van der Waals surface area contributed by atoms with Gasteiger partial charge in [0.15, 0.2) is 0 Å². The summed E-state index contributed by atoms with van der Waals surface area (Å²) in [4.78, 5) is 6.84. The third-order valence-corrected chi connectivity index (χ3v) is 3.77. The van der Waals surface area contributed by atoms with E-state index in [2.05, 4.69) is 22.9 Å². The molecule has 1 aliphatic heterocycles. The molecule has 1 saturated heterocycles. The average Bonchev–Trinajstić information content (AvgIpc) is 2.32. The summed E-state index contributed by atoms with van der Waals surface area (Å²) in [6.45, 7) is 5.64. The van der Waals surface area contributed by atoms with Gasteiger partial charge in [0.1, 0.15) is 5.15 Å². The van der Waals surface area contributed by atoms with Gasteiger partial charge in [-0.2, -0.15) is 0 Å². The smallest absolute Gasteiger partial charge is 0.129 e. The normalized spacial score (nSPS) is 18.5. The maximum absolute atomic E-state index is 5.90. The molecule has 1 aromatic rings. The first kappa shape index (κ1) is 12.8. The fourth-order valence-electron chi connectivity index (χ4n) is 2.61. The first-order valence-corrected chi connectivity index (χ1v) is 6.99. The molecule has 0 spiro atoms. The largest absolute Gasteiger partial charge is 0.297 e. The van der Waals surface area contributed by atoms with Crippen LogP contribution in [0, 0.1) is 5.92 Å². The molecule has 0 atom stereocenters. The van der Waals surface area contributed by atoms with E-state index < -0.39 is 0 Å². The molecular formula is C14H21ClN2. The van der Waals surface area contributed by atoms with Crippen LogP contribution in [0.3, 0.4) is 0 Å². The number of halogens is 1. The van der Waals surface area contributed by atoms with Gasteiger partial charge in [0, 0.05) is 6.54 Å². The highest BCUT2D eigenvalue weighted by atomic mass is 35.5. The molecular weight excluding hydrogens is 232 g/mol. The Morgan fingerprint density at radius 1 is 1.35 bits per heavy atom. The second-order valence-electron chi connectivity index (χ2n) is 4.96.